The molecule has 0 spiro atoms. The molecule has 1 rings (SSSR count). The van der Waals surface area contributed by atoms with Gasteiger partial charge in [0, 0.05) is 13.2 Å². The van der Waals surface area contributed by atoms with Crippen molar-refractivity contribution in [3.63, 3.8) is 0 Å². The standard InChI is InChI=1S/C9H16N2O3/c1-9(2)7(13)10-8(14)11(9)5-3-4-6-12/h12H,3-6H2,1-2H3,(H,10,13,14). The highest BCUT2D eigenvalue weighted by atomic mass is 16.3. The van der Waals surface area contributed by atoms with Crippen LogP contribution in [-0.2, 0) is 4.79 Å². The fraction of sp³-hybridized carbons (Fsp3) is 0.778. The van der Waals surface area contributed by atoms with Gasteiger partial charge in [-0.2, -0.15) is 0 Å². The number of carbonyl (C=O) groups is 2. The van der Waals surface area contributed by atoms with Gasteiger partial charge in [-0.05, 0) is 26.7 Å². The molecule has 1 aliphatic heterocycles. The van der Waals surface area contributed by atoms with Gasteiger partial charge in [0.1, 0.15) is 5.54 Å². The van der Waals surface area contributed by atoms with E-state index >= 15 is 0 Å². The lowest BCUT2D eigenvalue weighted by atomic mass is 10.0. The summed E-state index contributed by atoms with van der Waals surface area (Å²) in [7, 11) is 0. The molecule has 0 bridgehead atoms. The molecule has 1 saturated heterocycles. The molecule has 0 saturated carbocycles. The molecule has 0 aromatic rings. The third-order valence-electron chi connectivity index (χ3n) is 2.49. The van der Waals surface area contributed by atoms with E-state index in [9.17, 15) is 9.59 Å². The summed E-state index contributed by atoms with van der Waals surface area (Å²) < 4.78 is 0. The van der Waals surface area contributed by atoms with E-state index in [0.717, 1.165) is 0 Å². The second-order valence-electron chi connectivity index (χ2n) is 3.90. The lowest BCUT2D eigenvalue weighted by molar-refractivity contribution is -0.125. The van der Waals surface area contributed by atoms with Crippen molar-refractivity contribution >= 4 is 11.9 Å². The van der Waals surface area contributed by atoms with E-state index in [0.29, 0.717) is 19.4 Å². The smallest absolute Gasteiger partial charge is 0.324 e. The van der Waals surface area contributed by atoms with Crippen molar-refractivity contribution in [3.8, 4) is 0 Å². The number of amides is 3. The molecule has 5 nitrogen and oxygen atoms in total. The Morgan fingerprint density at radius 1 is 1.36 bits per heavy atom. The van der Waals surface area contributed by atoms with Crippen LogP contribution in [0.25, 0.3) is 0 Å². The lowest BCUT2D eigenvalue weighted by Gasteiger charge is -2.27. The van der Waals surface area contributed by atoms with Crippen LogP contribution in [0, 0.1) is 0 Å². The monoisotopic (exact) mass is 200 g/mol. The highest BCUT2D eigenvalue weighted by Gasteiger charge is 2.44. The minimum absolute atomic E-state index is 0.115. The van der Waals surface area contributed by atoms with Crippen molar-refractivity contribution in [2.45, 2.75) is 32.2 Å². The molecule has 2 N–H and O–H groups in total. The van der Waals surface area contributed by atoms with Gasteiger partial charge < -0.3 is 10.0 Å². The zero-order valence-corrected chi connectivity index (χ0v) is 8.54. The molecule has 0 radical (unpaired) electrons. The van der Waals surface area contributed by atoms with Crippen molar-refractivity contribution in [1.82, 2.24) is 10.2 Å². The number of urea groups is 1. The number of unbranched alkanes of at least 4 members (excludes halogenated alkanes) is 1. The van der Waals surface area contributed by atoms with E-state index in [2.05, 4.69) is 5.32 Å². The molecule has 0 aromatic carbocycles. The second kappa shape index (κ2) is 3.96. The summed E-state index contributed by atoms with van der Waals surface area (Å²) in [4.78, 5) is 24.2. The largest absolute Gasteiger partial charge is 0.396 e. The van der Waals surface area contributed by atoms with E-state index in [-0.39, 0.29) is 18.5 Å². The van der Waals surface area contributed by atoms with Crippen LogP contribution in [0.3, 0.4) is 0 Å². The number of rotatable bonds is 4. The van der Waals surface area contributed by atoms with Gasteiger partial charge >= 0.3 is 6.03 Å². The zero-order valence-electron chi connectivity index (χ0n) is 8.54. The van der Waals surface area contributed by atoms with Crippen LogP contribution in [-0.4, -0.2) is 40.6 Å². The molecule has 0 aliphatic carbocycles. The first-order chi connectivity index (χ1) is 6.50. The van der Waals surface area contributed by atoms with E-state index < -0.39 is 5.54 Å². The highest BCUT2D eigenvalue weighted by Crippen LogP contribution is 2.20. The molecular formula is C9H16N2O3. The van der Waals surface area contributed by atoms with Crippen LogP contribution >= 0.6 is 0 Å². The molecule has 14 heavy (non-hydrogen) atoms. The maximum absolute atomic E-state index is 11.3. The lowest BCUT2D eigenvalue weighted by Crippen LogP contribution is -2.44. The maximum atomic E-state index is 11.3. The highest BCUT2D eigenvalue weighted by molar-refractivity contribution is 6.06. The predicted molar refractivity (Wildman–Crippen MR) is 50.6 cm³/mol. The van der Waals surface area contributed by atoms with Gasteiger partial charge in [0.15, 0.2) is 0 Å². The Hall–Kier alpha value is -1.10. The Morgan fingerprint density at radius 2 is 2.00 bits per heavy atom. The fourth-order valence-corrected chi connectivity index (χ4v) is 1.46. The zero-order chi connectivity index (χ0) is 10.8. The summed E-state index contributed by atoms with van der Waals surface area (Å²) in [6.45, 7) is 4.05. The third kappa shape index (κ3) is 1.87. The Labute approximate surface area is 83.1 Å². The summed E-state index contributed by atoms with van der Waals surface area (Å²) in [5, 5.41) is 10.9. The molecule has 1 aliphatic rings. The number of hydrogen-bond acceptors (Lipinski definition) is 3. The van der Waals surface area contributed by atoms with Gasteiger partial charge in [-0.25, -0.2) is 4.79 Å². The molecule has 0 aromatic heterocycles. The minimum atomic E-state index is -0.757. The molecular weight excluding hydrogens is 184 g/mol. The Morgan fingerprint density at radius 3 is 2.43 bits per heavy atom. The Bertz CT molecular complexity index is 250. The van der Waals surface area contributed by atoms with Gasteiger partial charge in [-0.1, -0.05) is 0 Å². The van der Waals surface area contributed by atoms with Crippen molar-refractivity contribution in [2.24, 2.45) is 0 Å². The first-order valence-corrected chi connectivity index (χ1v) is 4.74. The van der Waals surface area contributed by atoms with Gasteiger partial charge in [0.05, 0.1) is 0 Å². The van der Waals surface area contributed by atoms with Gasteiger partial charge in [-0.3, -0.25) is 10.1 Å². The Balaban J connectivity index is 2.58. The first-order valence-electron chi connectivity index (χ1n) is 4.74. The molecule has 5 heteroatoms. The number of imide groups is 1. The average Bonchev–Trinajstić information content (AvgIpc) is 2.28. The van der Waals surface area contributed by atoms with Crippen LogP contribution in [0.15, 0.2) is 0 Å². The van der Waals surface area contributed by atoms with Crippen molar-refractivity contribution in [2.75, 3.05) is 13.2 Å². The summed E-state index contributed by atoms with van der Waals surface area (Å²) in [6.07, 6.45) is 1.36. The SMILES string of the molecule is CC1(C)C(=O)NC(=O)N1CCCCO. The topological polar surface area (TPSA) is 69.6 Å². The number of carbonyl (C=O) groups excluding carboxylic acids is 2. The van der Waals surface area contributed by atoms with Crippen molar-refractivity contribution in [3.05, 3.63) is 0 Å². The second-order valence-corrected chi connectivity index (χ2v) is 3.90. The predicted octanol–water partition coefficient (Wildman–Crippen LogP) is 0.0893. The van der Waals surface area contributed by atoms with Crippen molar-refractivity contribution in [1.29, 1.82) is 0 Å². The number of hydrogen-bond donors (Lipinski definition) is 2. The van der Waals surface area contributed by atoms with E-state index in [1.54, 1.807) is 13.8 Å². The molecule has 1 fully saturated rings. The van der Waals surface area contributed by atoms with Gasteiger partial charge in [-0.15, -0.1) is 0 Å². The van der Waals surface area contributed by atoms with Crippen LogP contribution in [0.5, 0.6) is 0 Å². The summed E-state index contributed by atoms with van der Waals surface area (Å²) in [6, 6.07) is -0.335. The Kier molecular flexibility index (Phi) is 3.10. The minimum Gasteiger partial charge on any atom is -0.396 e. The average molecular weight is 200 g/mol. The molecule has 80 valence electrons. The first kappa shape index (κ1) is 11.0. The number of nitrogens with zero attached hydrogens (tertiary/aromatic N) is 1. The quantitative estimate of drug-likeness (QED) is 0.499. The van der Waals surface area contributed by atoms with Crippen LogP contribution < -0.4 is 5.32 Å². The van der Waals surface area contributed by atoms with E-state index in [4.69, 9.17) is 5.11 Å². The summed E-state index contributed by atoms with van der Waals surface area (Å²) in [5.41, 5.74) is -0.757. The molecule has 1 heterocycles. The van der Waals surface area contributed by atoms with Crippen LogP contribution in [0.2, 0.25) is 0 Å². The number of aliphatic hydroxyl groups is 1. The van der Waals surface area contributed by atoms with Gasteiger partial charge in [0.2, 0.25) is 0 Å². The maximum Gasteiger partial charge on any atom is 0.324 e. The van der Waals surface area contributed by atoms with Crippen LogP contribution in [0.4, 0.5) is 4.79 Å². The molecule has 0 unspecified atom stereocenters. The molecule has 3 amide bonds. The molecule has 0 atom stereocenters. The van der Waals surface area contributed by atoms with Crippen LogP contribution in [0.1, 0.15) is 26.7 Å². The van der Waals surface area contributed by atoms with Gasteiger partial charge in [0.25, 0.3) is 5.91 Å². The summed E-state index contributed by atoms with van der Waals surface area (Å²) >= 11 is 0. The fourth-order valence-electron chi connectivity index (χ4n) is 1.46. The summed E-state index contributed by atoms with van der Waals surface area (Å²) in [5.74, 6) is -0.258. The third-order valence-corrected chi connectivity index (χ3v) is 2.49. The normalized spacial score (nSPS) is 20.1. The van der Waals surface area contributed by atoms with E-state index in [1.165, 1.54) is 4.90 Å². The number of aliphatic hydroxyl groups excluding tert-OH is 1. The van der Waals surface area contributed by atoms with Crippen molar-refractivity contribution < 1.29 is 14.7 Å². The van der Waals surface area contributed by atoms with E-state index in [1.807, 2.05) is 0 Å². The number of nitrogens with one attached hydrogen (secondary N) is 1.